The number of nitrogens with zero attached hydrogens (tertiary/aromatic N) is 3. The molecule has 2 saturated carbocycles. The van der Waals surface area contributed by atoms with Gasteiger partial charge in [-0.1, -0.05) is 0 Å². The second-order valence-corrected chi connectivity index (χ2v) is 13.1. The minimum absolute atomic E-state index is 0.0467. The number of benzene rings is 1. The van der Waals surface area contributed by atoms with Crippen molar-refractivity contribution in [3.8, 4) is 0 Å². The first kappa shape index (κ1) is 42.1. The van der Waals surface area contributed by atoms with Gasteiger partial charge in [-0.3, -0.25) is 14.4 Å². The van der Waals surface area contributed by atoms with Crippen LogP contribution in [-0.4, -0.2) is 178 Å². The van der Waals surface area contributed by atoms with Gasteiger partial charge in [0.05, 0.1) is 18.4 Å². The number of aliphatic hydroxyl groups excluding tert-OH is 10. The summed E-state index contributed by atoms with van der Waals surface area (Å²) in [6.45, 7) is 0.0467. The van der Waals surface area contributed by atoms with Crippen molar-refractivity contribution in [2.24, 2.45) is 0 Å². The van der Waals surface area contributed by atoms with E-state index in [1.165, 1.54) is 30.5 Å². The number of nitrogens with one attached hydrogen (secondary N) is 3. The highest BCUT2D eigenvalue weighted by atomic mass is 16.7. The van der Waals surface area contributed by atoms with Crippen molar-refractivity contribution in [1.82, 2.24) is 25.3 Å². The van der Waals surface area contributed by atoms with E-state index < -0.39 is 115 Å². The molecule has 0 saturated heterocycles. The molecule has 306 valence electrons. The summed E-state index contributed by atoms with van der Waals surface area (Å²) in [6, 6.07) is 3.32. The van der Waals surface area contributed by atoms with Crippen LogP contribution in [0.2, 0.25) is 0 Å². The van der Waals surface area contributed by atoms with Gasteiger partial charge in [0.2, 0.25) is 5.95 Å². The van der Waals surface area contributed by atoms with Crippen LogP contribution >= 0.6 is 0 Å². The summed E-state index contributed by atoms with van der Waals surface area (Å²) >= 11 is 0. The van der Waals surface area contributed by atoms with Gasteiger partial charge in [-0.05, 0) is 30.7 Å². The first-order chi connectivity index (χ1) is 26.2. The van der Waals surface area contributed by atoms with E-state index in [1.807, 2.05) is 0 Å². The summed E-state index contributed by atoms with van der Waals surface area (Å²) in [5.74, 6) is -11.3. The lowest BCUT2D eigenvalue weighted by molar-refractivity contribution is -0.348. The molecule has 5 rings (SSSR count). The number of anilines is 2. The Balaban J connectivity index is 1.30. The van der Waals surface area contributed by atoms with Crippen molar-refractivity contribution < 1.29 is 85.1 Å². The summed E-state index contributed by atoms with van der Waals surface area (Å²) < 4.78 is 9.56. The van der Waals surface area contributed by atoms with E-state index >= 15 is 0 Å². The van der Waals surface area contributed by atoms with Gasteiger partial charge in [-0.2, -0.15) is 4.98 Å². The van der Waals surface area contributed by atoms with Crippen LogP contribution in [0.4, 0.5) is 11.6 Å². The molecule has 2 fully saturated rings. The monoisotopic (exact) mass is 797 g/mol. The van der Waals surface area contributed by atoms with E-state index in [9.17, 15) is 80.5 Å². The van der Waals surface area contributed by atoms with Crippen LogP contribution in [0.5, 0.6) is 0 Å². The molecular weight excluding hydrogens is 758 g/mol. The molecule has 0 aliphatic heterocycles. The van der Waals surface area contributed by atoms with Gasteiger partial charge >= 0.3 is 17.5 Å². The van der Waals surface area contributed by atoms with E-state index in [0.717, 1.165) is 0 Å². The Kier molecular flexibility index (Phi) is 12.2. The number of hydrogen-bond donors (Lipinski definition) is 16. The molecule has 0 unspecified atom stereocenters. The standard InChI is InChI=1S/C31H39N7O18/c32-29-37-25-14(27(51)38-29)35-11(8-34-25)7-33-10-3-1-9(2-4-10)26(50)36-12(28(52)56-31(54)23(48)19(44)16(41)20(45)24(31)49)5-6-13(39)55-30(53)21(46)17(42)15(40)18(43)22(30)47/h1-4,8,12,15-24,33,40-49,53-54H,5-7H2,(H,36,50)(H3,32,34,37,38,51)/t12-,15-,16-,17-,18+,19-,20+,21+,22+,23+,24+,30-,31-/m0/s1. The minimum Gasteiger partial charge on any atom is -0.427 e. The smallest absolute Gasteiger partial charge is 0.331 e. The van der Waals surface area contributed by atoms with Gasteiger partial charge in [-0.15, -0.1) is 0 Å². The highest BCUT2D eigenvalue weighted by Gasteiger charge is 2.62. The van der Waals surface area contributed by atoms with Gasteiger partial charge in [0, 0.05) is 17.7 Å². The fraction of sp³-hybridized carbons (Fsp3) is 0.516. The Bertz CT molecular complexity index is 1950. The Labute approximate surface area is 312 Å². The average molecular weight is 798 g/mol. The molecule has 17 N–H and O–H groups in total. The fourth-order valence-electron chi connectivity index (χ4n) is 5.93. The molecule has 13 atom stereocenters. The maximum Gasteiger partial charge on any atom is 0.331 e. The largest absolute Gasteiger partial charge is 0.427 e. The predicted octanol–water partition coefficient (Wildman–Crippen LogP) is -8.11. The van der Waals surface area contributed by atoms with Crippen LogP contribution in [0.15, 0.2) is 35.3 Å². The normalized spacial score (nSPS) is 33.6. The fourth-order valence-corrected chi connectivity index (χ4v) is 5.93. The number of carbonyl (C=O) groups excluding carboxylic acids is 3. The summed E-state index contributed by atoms with van der Waals surface area (Å²) in [4.78, 5) is 66.0. The lowest BCUT2D eigenvalue weighted by Crippen LogP contribution is -2.72. The molecule has 0 radical (unpaired) electrons. The molecule has 25 nitrogen and oxygen atoms in total. The zero-order valence-electron chi connectivity index (χ0n) is 28.6. The molecule has 1 amide bonds. The lowest BCUT2D eigenvalue weighted by Gasteiger charge is -2.46. The first-order valence-electron chi connectivity index (χ1n) is 16.6. The number of fused-ring (bicyclic) bond motifs is 1. The SMILES string of the molecule is Nc1nc(=O)c2nc(CNc3ccc(C(=O)N[C@@H](CCC(=O)O[C@]4(O)[C@H](O)[C@H](O)[C@@H](O)[C@H](O)[C@H]4O)C(=O)O[C@]4(O)[C@H](O)[C@H](O)[C@@H](O)[C@H](O)[C@H]4O)cc3)cnc2[nH]1. The Hall–Kier alpha value is -5.03. The van der Waals surface area contributed by atoms with E-state index in [-0.39, 0.29) is 29.2 Å². The Morgan fingerprint density at radius 1 is 0.786 bits per heavy atom. The van der Waals surface area contributed by atoms with E-state index in [1.54, 1.807) is 0 Å². The molecule has 3 aromatic rings. The van der Waals surface area contributed by atoms with E-state index in [4.69, 9.17) is 15.2 Å². The number of rotatable bonds is 11. The van der Waals surface area contributed by atoms with Gasteiger partial charge in [0.1, 0.15) is 42.7 Å². The number of nitrogen functional groups attached to an aromatic ring is 1. The van der Waals surface area contributed by atoms with Gasteiger partial charge in [-0.25, -0.2) is 14.8 Å². The zero-order valence-corrected chi connectivity index (χ0v) is 28.6. The predicted molar refractivity (Wildman–Crippen MR) is 179 cm³/mol. The van der Waals surface area contributed by atoms with Gasteiger partial charge in [0.25, 0.3) is 17.5 Å². The number of carbonyl (C=O) groups is 3. The van der Waals surface area contributed by atoms with Crippen LogP contribution in [0.25, 0.3) is 11.2 Å². The molecule has 56 heavy (non-hydrogen) atoms. The highest BCUT2D eigenvalue weighted by Crippen LogP contribution is 2.34. The van der Waals surface area contributed by atoms with Crippen LogP contribution in [0.3, 0.4) is 0 Å². The van der Waals surface area contributed by atoms with Crippen molar-refractivity contribution in [2.45, 2.75) is 98.0 Å². The third-order valence-corrected chi connectivity index (χ3v) is 9.27. The quantitative estimate of drug-likeness (QED) is 0.0632. The van der Waals surface area contributed by atoms with Gasteiger partial charge in [0.15, 0.2) is 35.6 Å². The summed E-state index contributed by atoms with van der Waals surface area (Å²) in [7, 11) is 0. The lowest BCUT2D eigenvalue weighted by atomic mass is 9.82. The van der Waals surface area contributed by atoms with Crippen LogP contribution in [-0.2, 0) is 25.6 Å². The molecule has 0 bridgehead atoms. The molecule has 25 heteroatoms. The number of amides is 1. The minimum atomic E-state index is -3.50. The third-order valence-electron chi connectivity index (χ3n) is 9.27. The summed E-state index contributed by atoms with van der Waals surface area (Å²) in [5.41, 5.74) is 5.48. The molecule has 2 aliphatic carbocycles. The number of hydrogen-bond acceptors (Lipinski definition) is 23. The second-order valence-electron chi connectivity index (χ2n) is 13.1. The summed E-state index contributed by atoms with van der Waals surface area (Å²) in [5, 5.41) is 127. The van der Waals surface area contributed by atoms with Crippen LogP contribution in [0.1, 0.15) is 28.9 Å². The highest BCUT2D eigenvalue weighted by molar-refractivity contribution is 5.97. The van der Waals surface area contributed by atoms with E-state index in [0.29, 0.717) is 11.4 Å². The number of aliphatic hydroxyl groups is 12. The third kappa shape index (κ3) is 8.10. The second kappa shape index (κ2) is 16.2. The van der Waals surface area contributed by atoms with Gasteiger partial charge < -0.3 is 92.1 Å². The maximum atomic E-state index is 13.4. The molecule has 2 heterocycles. The zero-order chi connectivity index (χ0) is 41.4. The summed E-state index contributed by atoms with van der Waals surface area (Å²) in [6.07, 6.45) is -24.6. The number of nitrogens with two attached hydrogens (primary N) is 1. The van der Waals surface area contributed by atoms with Crippen molar-refractivity contribution in [1.29, 1.82) is 0 Å². The Morgan fingerprint density at radius 3 is 1.84 bits per heavy atom. The number of H-pyrrole nitrogens is 1. The molecular formula is C31H39N7O18. The van der Waals surface area contributed by atoms with Crippen molar-refractivity contribution >= 4 is 40.6 Å². The number of aromatic nitrogens is 4. The molecule has 2 aliphatic rings. The van der Waals surface area contributed by atoms with E-state index in [2.05, 4.69) is 30.6 Å². The molecule has 1 aromatic carbocycles. The van der Waals surface area contributed by atoms with Crippen molar-refractivity contribution in [3.63, 3.8) is 0 Å². The maximum absolute atomic E-state index is 13.4. The number of esters is 2. The molecule has 2 aromatic heterocycles. The average Bonchev–Trinajstić information content (AvgIpc) is 3.17. The van der Waals surface area contributed by atoms with Crippen LogP contribution in [0, 0.1) is 0 Å². The topological polar surface area (TPSA) is 434 Å². The molecule has 0 spiro atoms. The Morgan fingerprint density at radius 2 is 1.30 bits per heavy atom. The van der Waals surface area contributed by atoms with Crippen molar-refractivity contribution in [2.75, 3.05) is 11.1 Å². The van der Waals surface area contributed by atoms with Crippen molar-refractivity contribution in [3.05, 3.63) is 52.1 Å². The van der Waals surface area contributed by atoms with Crippen LogP contribution < -0.4 is 21.9 Å². The number of aromatic amines is 1. The first-order valence-corrected chi connectivity index (χ1v) is 16.6. The number of ether oxygens (including phenoxy) is 2.